The van der Waals surface area contributed by atoms with Crippen molar-refractivity contribution in [3.05, 3.63) is 29.3 Å². The van der Waals surface area contributed by atoms with E-state index in [9.17, 15) is 4.79 Å². The molecule has 0 bridgehead atoms. The van der Waals surface area contributed by atoms with Gasteiger partial charge in [0.15, 0.2) is 6.10 Å². The van der Waals surface area contributed by atoms with Crippen molar-refractivity contribution >= 4 is 17.5 Å². The van der Waals surface area contributed by atoms with E-state index in [4.69, 9.17) is 16.3 Å². The molecule has 1 N–H and O–H groups in total. The number of nitrogens with one attached hydrogen (secondary N) is 1. The first-order chi connectivity index (χ1) is 10.1. The van der Waals surface area contributed by atoms with Crippen molar-refractivity contribution in [3.8, 4) is 5.75 Å². The number of hydrogen-bond acceptors (Lipinski definition) is 3. The Bertz CT molecular complexity index is 461. The minimum Gasteiger partial charge on any atom is -0.481 e. The van der Waals surface area contributed by atoms with Crippen molar-refractivity contribution in [1.29, 1.82) is 0 Å². The number of hydrogen-bond donors (Lipinski definition) is 1. The summed E-state index contributed by atoms with van der Waals surface area (Å²) in [5.41, 5.74) is 0. The van der Waals surface area contributed by atoms with Crippen LogP contribution in [0.15, 0.2) is 24.3 Å². The quantitative estimate of drug-likeness (QED) is 0.787. The lowest BCUT2D eigenvalue weighted by Crippen LogP contribution is -2.37. The molecular weight excluding hydrogens is 288 g/mol. The van der Waals surface area contributed by atoms with Crippen LogP contribution in [0.2, 0.25) is 5.02 Å². The highest BCUT2D eigenvalue weighted by molar-refractivity contribution is 6.30. The Labute approximate surface area is 131 Å². The molecule has 1 fully saturated rings. The summed E-state index contributed by atoms with van der Waals surface area (Å²) >= 11 is 5.89. The normalized spacial score (nSPS) is 16.7. The molecule has 1 aliphatic heterocycles. The minimum absolute atomic E-state index is 0.0867. The highest BCUT2D eigenvalue weighted by Crippen LogP contribution is 2.18. The van der Waals surface area contributed by atoms with E-state index in [0.29, 0.717) is 17.3 Å². The average molecular weight is 311 g/mol. The van der Waals surface area contributed by atoms with Crippen LogP contribution in [0.4, 0.5) is 0 Å². The fourth-order valence-corrected chi connectivity index (χ4v) is 2.64. The van der Waals surface area contributed by atoms with Gasteiger partial charge in [0.2, 0.25) is 0 Å². The fourth-order valence-electron chi connectivity index (χ4n) is 2.46. The zero-order valence-electron chi connectivity index (χ0n) is 12.5. The predicted molar refractivity (Wildman–Crippen MR) is 84.8 cm³/mol. The van der Waals surface area contributed by atoms with E-state index in [1.54, 1.807) is 31.2 Å². The molecule has 1 aromatic carbocycles. The molecule has 21 heavy (non-hydrogen) atoms. The summed E-state index contributed by atoms with van der Waals surface area (Å²) in [6.07, 6.45) is 3.07. The summed E-state index contributed by atoms with van der Waals surface area (Å²) in [7, 11) is 0. The van der Waals surface area contributed by atoms with E-state index in [0.717, 1.165) is 13.0 Å². The highest BCUT2D eigenvalue weighted by atomic mass is 35.5. The van der Waals surface area contributed by atoms with Gasteiger partial charge in [0.05, 0.1) is 0 Å². The van der Waals surface area contributed by atoms with Gasteiger partial charge in [0.25, 0.3) is 5.91 Å². The van der Waals surface area contributed by atoms with Crippen LogP contribution in [-0.4, -0.2) is 43.1 Å². The van der Waals surface area contributed by atoms with Gasteiger partial charge in [-0.1, -0.05) is 17.7 Å². The monoisotopic (exact) mass is 310 g/mol. The molecule has 1 heterocycles. The third kappa shape index (κ3) is 5.56. The van der Waals surface area contributed by atoms with Gasteiger partial charge in [0, 0.05) is 11.6 Å². The van der Waals surface area contributed by atoms with E-state index in [2.05, 4.69) is 10.2 Å². The number of likely N-dealkylation sites (tertiary alicyclic amines) is 1. The molecule has 0 saturated carbocycles. The maximum atomic E-state index is 11.9. The molecule has 0 aliphatic carbocycles. The Morgan fingerprint density at radius 3 is 2.90 bits per heavy atom. The smallest absolute Gasteiger partial charge is 0.260 e. The predicted octanol–water partition coefficient (Wildman–Crippen LogP) is 2.71. The zero-order chi connectivity index (χ0) is 15.1. The third-order valence-electron chi connectivity index (χ3n) is 3.63. The molecular formula is C16H23ClN2O2. The lowest BCUT2D eigenvalue weighted by Gasteiger charge is -2.16. The van der Waals surface area contributed by atoms with Crippen molar-refractivity contribution in [2.75, 3.05) is 26.2 Å². The van der Waals surface area contributed by atoms with Crippen LogP contribution < -0.4 is 10.1 Å². The first kappa shape index (κ1) is 16.1. The number of amides is 1. The van der Waals surface area contributed by atoms with Crippen molar-refractivity contribution in [2.24, 2.45) is 0 Å². The van der Waals surface area contributed by atoms with Crippen LogP contribution in [-0.2, 0) is 4.79 Å². The SMILES string of the molecule is C[C@@H](Oc1cccc(Cl)c1)C(=O)NCCCN1CCCC1. The molecule has 1 aromatic rings. The number of carbonyl (C=O) groups excluding carboxylic acids is 1. The third-order valence-corrected chi connectivity index (χ3v) is 3.86. The second-order valence-electron chi connectivity index (χ2n) is 5.41. The Kier molecular flexibility index (Phi) is 6.33. The molecule has 1 saturated heterocycles. The van der Waals surface area contributed by atoms with Crippen LogP contribution >= 0.6 is 11.6 Å². The van der Waals surface area contributed by atoms with Gasteiger partial charge in [0.1, 0.15) is 5.75 Å². The lowest BCUT2D eigenvalue weighted by molar-refractivity contribution is -0.127. The second-order valence-corrected chi connectivity index (χ2v) is 5.85. The molecule has 2 rings (SSSR count). The van der Waals surface area contributed by atoms with E-state index in [1.165, 1.54) is 25.9 Å². The number of carbonyl (C=O) groups is 1. The Morgan fingerprint density at radius 2 is 2.19 bits per heavy atom. The van der Waals surface area contributed by atoms with E-state index < -0.39 is 6.10 Å². The molecule has 1 aliphatic rings. The zero-order valence-corrected chi connectivity index (χ0v) is 13.2. The Morgan fingerprint density at radius 1 is 1.43 bits per heavy atom. The summed E-state index contributed by atoms with van der Waals surface area (Å²) < 4.78 is 5.58. The van der Waals surface area contributed by atoms with E-state index in [1.807, 2.05) is 0 Å². The summed E-state index contributed by atoms with van der Waals surface area (Å²) in [6.45, 7) is 5.89. The van der Waals surface area contributed by atoms with Crippen LogP contribution in [0.1, 0.15) is 26.2 Å². The molecule has 1 amide bonds. The number of benzene rings is 1. The number of ether oxygens (including phenoxy) is 1. The van der Waals surface area contributed by atoms with Crippen molar-refractivity contribution in [2.45, 2.75) is 32.3 Å². The standard InChI is InChI=1S/C16H23ClN2O2/c1-13(21-15-7-4-6-14(17)12-15)16(20)18-8-5-11-19-9-2-3-10-19/h4,6-7,12-13H,2-3,5,8-11H2,1H3,(H,18,20)/t13-/m1/s1. The van der Waals surface area contributed by atoms with Gasteiger partial charge in [-0.25, -0.2) is 0 Å². The average Bonchev–Trinajstić information content (AvgIpc) is 2.96. The molecule has 116 valence electrons. The van der Waals surface area contributed by atoms with Crippen molar-refractivity contribution < 1.29 is 9.53 Å². The topological polar surface area (TPSA) is 41.6 Å². The van der Waals surface area contributed by atoms with Gasteiger partial charge in [-0.3, -0.25) is 4.79 Å². The van der Waals surface area contributed by atoms with Gasteiger partial charge in [-0.05, 0) is 64.0 Å². The van der Waals surface area contributed by atoms with Crippen LogP contribution in [0, 0.1) is 0 Å². The highest BCUT2D eigenvalue weighted by Gasteiger charge is 2.15. The fraction of sp³-hybridized carbons (Fsp3) is 0.562. The van der Waals surface area contributed by atoms with E-state index in [-0.39, 0.29) is 5.91 Å². The molecule has 0 unspecified atom stereocenters. The number of rotatable bonds is 7. The van der Waals surface area contributed by atoms with Crippen LogP contribution in [0.3, 0.4) is 0 Å². The maximum absolute atomic E-state index is 11.9. The molecule has 0 radical (unpaired) electrons. The summed E-state index contributed by atoms with van der Waals surface area (Å²) in [6, 6.07) is 7.08. The molecule has 0 spiro atoms. The summed E-state index contributed by atoms with van der Waals surface area (Å²) in [4.78, 5) is 14.4. The molecule has 1 atom stereocenters. The van der Waals surface area contributed by atoms with Gasteiger partial charge in [-0.2, -0.15) is 0 Å². The maximum Gasteiger partial charge on any atom is 0.260 e. The van der Waals surface area contributed by atoms with E-state index >= 15 is 0 Å². The molecule has 5 heteroatoms. The first-order valence-electron chi connectivity index (χ1n) is 7.57. The van der Waals surface area contributed by atoms with Crippen LogP contribution in [0.5, 0.6) is 5.75 Å². The van der Waals surface area contributed by atoms with Gasteiger partial charge >= 0.3 is 0 Å². The number of halogens is 1. The van der Waals surface area contributed by atoms with Gasteiger partial charge in [-0.15, -0.1) is 0 Å². The molecule has 0 aromatic heterocycles. The van der Waals surface area contributed by atoms with Crippen molar-refractivity contribution in [3.63, 3.8) is 0 Å². The minimum atomic E-state index is -0.518. The van der Waals surface area contributed by atoms with Gasteiger partial charge < -0.3 is 15.0 Å². The lowest BCUT2D eigenvalue weighted by atomic mass is 10.3. The Hall–Kier alpha value is -1.26. The summed E-state index contributed by atoms with van der Waals surface area (Å²) in [5.74, 6) is 0.526. The Balaban J connectivity index is 1.65. The van der Waals surface area contributed by atoms with Crippen LogP contribution in [0.25, 0.3) is 0 Å². The number of nitrogens with zero attached hydrogens (tertiary/aromatic N) is 1. The first-order valence-corrected chi connectivity index (χ1v) is 7.95. The summed E-state index contributed by atoms with van der Waals surface area (Å²) in [5, 5.41) is 3.52. The van der Waals surface area contributed by atoms with Crippen molar-refractivity contribution in [1.82, 2.24) is 10.2 Å². The second kappa shape index (κ2) is 8.25. The molecule has 4 nitrogen and oxygen atoms in total. The largest absolute Gasteiger partial charge is 0.481 e.